The number of nitrogens with two attached hydrogens (primary N) is 3. The molecule has 15 saturated carbocycles. The molecule has 10 bridgehead atoms. The SMILES string of the molecule is CC(C)(C)C12CC(CN)(C1)C2.CC12CC(CCN)(C1)C2.CC12CC(CN)(C1)C2.CCCCC12CC(C)(C1)C2.CNC12CC(C(C)(C)O)(C1)C2. The Morgan fingerprint density at radius 2 is 0.918 bits per heavy atom. The van der Waals surface area contributed by atoms with Gasteiger partial charge in [0.25, 0.3) is 0 Å². The second-order valence-corrected chi connectivity index (χ2v) is 24.0. The summed E-state index contributed by atoms with van der Waals surface area (Å²) in [6, 6.07) is 0. The molecule has 5 heteroatoms. The van der Waals surface area contributed by atoms with Crippen LogP contribution in [0.4, 0.5) is 0 Å². The maximum Gasteiger partial charge on any atom is 0.0649 e. The standard InChI is InChI=1S/C10H19N.C10H18.C9H17NO.C8H15N.C7H13N/c1-8(2,3)10-4-9(5-10,6-10)7-11;1-3-4-5-10-6-9(2,7-10)8-10;1-7(2,11)8-4-9(5-8,6-8)10-3;1-7-4-8(5-7,6-7)2-3-9;1-6-2-7(3-6,4-6)5-8/h4-7,11H2,1-3H3;3-8H2,1-2H3;10-11H,4-6H2,1-3H3;2-6,9H2,1H3;2-5,8H2,1H3. The number of aliphatic hydroxyl groups is 1. The third kappa shape index (κ3) is 6.34. The Balaban J connectivity index is 0.000000107. The number of hydrogen-bond acceptors (Lipinski definition) is 5. The van der Waals surface area contributed by atoms with E-state index in [4.69, 9.17) is 17.2 Å². The highest BCUT2D eigenvalue weighted by molar-refractivity contribution is 5.27. The highest BCUT2D eigenvalue weighted by Crippen LogP contribution is 2.79. The van der Waals surface area contributed by atoms with Gasteiger partial charge in [-0.3, -0.25) is 0 Å². The lowest BCUT2D eigenvalue weighted by molar-refractivity contribution is -0.252. The molecule has 15 fully saturated rings. The fourth-order valence-corrected chi connectivity index (χ4v) is 15.0. The van der Waals surface area contributed by atoms with Crippen LogP contribution in [0.25, 0.3) is 0 Å². The minimum Gasteiger partial charge on any atom is -0.390 e. The summed E-state index contributed by atoms with van der Waals surface area (Å²) < 4.78 is 0. The maximum atomic E-state index is 9.82. The zero-order chi connectivity index (χ0) is 36.3. The molecule has 0 radical (unpaired) electrons. The topological polar surface area (TPSA) is 110 Å². The molecule has 0 aromatic heterocycles. The summed E-state index contributed by atoms with van der Waals surface area (Å²) >= 11 is 0. The Morgan fingerprint density at radius 3 is 1.18 bits per heavy atom. The van der Waals surface area contributed by atoms with Crippen molar-refractivity contribution in [2.45, 2.75) is 195 Å². The van der Waals surface area contributed by atoms with Gasteiger partial charge in [0.05, 0.1) is 5.60 Å². The number of unbranched alkanes of at least 4 members (excludes halogenated alkanes) is 1. The van der Waals surface area contributed by atoms with Crippen LogP contribution < -0.4 is 22.5 Å². The molecule has 15 rings (SSSR count). The van der Waals surface area contributed by atoms with E-state index in [9.17, 15) is 5.11 Å². The Kier molecular flexibility index (Phi) is 9.16. The van der Waals surface area contributed by atoms with E-state index in [-0.39, 0.29) is 5.41 Å². The molecule has 8 N–H and O–H groups in total. The van der Waals surface area contributed by atoms with Gasteiger partial charge in [0.15, 0.2) is 0 Å². The molecule has 0 aromatic carbocycles. The van der Waals surface area contributed by atoms with E-state index in [1.54, 1.807) is 19.3 Å². The van der Waals surface area contributed by atoms with Crippen molar-refractivity contribution in [2.24, 2.45) is 71.4 Å². The lowest BCUT2D eigenvalue weighted by Gasteiger charge is -2.75. The quantitative estimate of drug-likeness (QED) is 0.167. The van der Waals surface area contributed by atoms with Gasteiger partial charge in [-0.2, -0.15) is 0 Å². The highest BCUT2D eigenvalue weighted by Gasteiger charge is 2.72. The first kappa shape index (κ1) is 38.5. The van der Waals surface area contributed by atoms with Gasteiger partial charge in [0, 0.05) is 11.0 Å². The summed E-state index contributed by atoms with van der Waals surface area (Å²) in [5.74, 6) is 0. The largest absolute Gasteiger partial charge is 0.390 e. The summed E-state index contributed by atoms with van der Waals surface area (Å²) in [4.78, 5) is 0. The zero-order valence-corrected chi connectivity index (χ0v) is 34.2. The molecule has 0 aliphatic heterocycles. The molecule has 15 aliphatic carbocycles. The van der Waals surface area contributed by atoms with Crippen LogP contribution in [0.3, 0.4) is 0 Å². The maximum absolute atomic E-state index is 9.82. The van der Waals surface area contributed by atoms with Crippen molar-refractivity contribution in [2.75, 3.05) is 26.7 Å². The first-order valence-corrected chi connectivity index (χ1v) is 20.9. The summed E-state index contributed by atoms with van der Waals surface area (Å²) in [6.45, 7) is 23.2. The average molecular weight is 683 g/mol. The van der Waals surface area contributed by atoms with Crippen LogP contribution in [-0.2, 0) is 0 Å². The van der Waals surface area contributed by atoms with E-state index in [0.29, 0.717) is 27.2 Å². The van der Waals surface area contributed by atoms with Crippen molar-refractivity contribution in [1.29, 1.82) is 0 Å². The summed E-state index contributed by atoms with van der Waals surface area (Å²) in [7, 11) is 2.02. The van der Waals surface area contributed by atoms with Gasteiger partial charge in [-0.05, 0) is 198 Å². The van der Waals surface area contributed by atoms with Crippen molar-refractivity contribution in [3.63, 3.8) is 0 Å². The molecule has 0 saturated heterocycles. The van der Waals surface area contributed by atoms with Crippen LogP contribution in [-0.4, -0.2) is 42.9 Å². The first-order valence-electron chi connectivity index (χ1n) is 20.9. The molecule has 15 aliphatic rings. The summed E-state index contributed by atoms with van der Waals surface area (Å²) in [5, 5.41) is 13.1. The molecule has 0 unspecified atom stereocenters. The van der Waals surface area contributed by atoms with Crippen molar-refractivity contribution >= 4 is 0 Å². The summed E-state index contributed by atoms with van der Waals surface area (Å²) in [5.41, 5.74) is 23.4. The van der Waals surface area contributed by atoms with Crippen LogP contribution in [0, 0.1) is 54.1 Å². The first-order chi connectivity index (χ1) is 22.4. The molecule has 284 valence electrons. The van der Waals surface area contributed by atoms with Crippen LogP contribution in [0.1, 0.15) is 184 Å². The van der Waals surface area contributed by atoms with Gasteiger partial charge in [0.2, 0.25) is 0 Å². The smallest absolute Gasteiger partial charge is 0.0649 e. The van der Waals surface area contributed by atoms with E-state index in [0.717, 1.165) is 46.7 Å². The van der Waals surface area contributed by atoms with Gasteiger partial charge >= 0.3 is 0 Å². The van der Waals surface area contributed by atoms with E-state index in [1.165, 1.54) is 103 Å². The molecular weight excluding hydrogens is 601 g/mol. The van der Waals surface area contributed by atoms with Crippen LogP contribution >= 0.6 is 0 Å². The second kappa shape index (κ2) is 11.6. The predicted octanol–water partition coefficient (Wildman–Crippen LogP) is 9.09. The Morgan fingerprint density at radius 1 is 0.551 bits per heavy atom. The third-order valence-corrected chi connectivity index (χ3v) is 17.4. The Bertz CT molecular complexity index is 1090. The normalized spacial score (nSPS) is 51.3. The second-order valence-electron chi connectivity index (χ2n) is 24.0. The average Bonchev–Trinajstić information content (AvgIpc) is 2.78. The van der Waals surface area contributed by atoms with E-state index in [1.807, 2.05) is 20.9 Å². The lowest BCUT2D eigenvalue weighted by Crippen LogP contribution is -2.78. The number of hydrogen-bond donors (Lipinski definition) is 5. The van der Waals surface area contributed by atoms with Crippen LogP contribution in [0.15, 0.2) is 0 Å². The molecule has 0 spiro atoms. The molecule has 5 nitrogen and oxygen atoms in total. The number of nitrogens with one attached hydrogen (secondary N) is 1. The van der Waals surface area contributed by atoms with Gasteiger partial charge in [-0.15, -0.1) is 0 Å². The molecule has 0 amide bonds. The highest BCUT2D eigenvalue weighted by atomic mass is 16.3. The molecular formula is C44H82N4O. The van der Waals surface area contributed by atoms with Crippen molar-refractivity contribution < 1.29 is 5.11 Å². The minimum atomic E-state index is -0.467. The van der Waals surface area contributed by atoms with Crippen LogP contribution in [0.5, 0.6) is 0 Å². The fraction of sp³-hybridized carbons (Fsp3) is 1.00. The molecule has 0 aromatic rings. The van der Waals surface area contributed by atoms with Crippen molar-refractivity contribution in [3.05, 3.63) is 0 Å². The zero-order valence-electron chi connectivity index (χ0n) is 34.2. The van der Waals surface area contributed by atoms with Crippen LogP contribution in [0.2, 0.25) is 0 Å². The van der Waals surface area contributed by atoms with Crippen molar-refractivity contribution in [1.82, 2.24) is 5.32 Å². The monoisotopic (exact) mass is 683 g/mol. The molecule has 0 heterocycles. The molecule has 49 heavy (non-hydrogen) atoms. The predicted molar refractivity (Wildman–Crippen MR) is 207 cm³/mol. The summed E-state index contributed by atoms with van der Waals surface area (Å²) in [6.07, 6.45) is 26.7. The number of rotatable bonds is 9. The fourth-order valence-electron chi connectivity index (χ4n) is 15.0. The van der Waals surface area contributed by atoms with E-state index in [2.05, 4.69) is 53.8 Å². The minimum absolute atomic E-state index is 0.260. The molecule has 0 atom stereocenters. The van der Waals surface area contributed by atoms with E-state index >= 15 is 0 Å². The Labute approximate surface area is 303 Å². The van der Waals surface area contributed by atoms with Crippen molar-refractivity contribution in [3.8, 4) is 0 Å². The van der Waals surface area contributed by atoms with Gasteiger partial charge in [-0.25, -0.2) is 0 Å². The Hall–Kier alpha value is -0.200. The van der Waals surface area contributed by atoms with Gasteiger partial charge < -0.3 is 27.6 Å². The lowest BCUT2D eigenvalue weighted by atomic mass is 9.29. The van der Waals surface area contributed by atoms with E-state index < -0.39 is 5.60 Å². The van der Waals surface area contributed by atoms with Gasteiger partial charge in [-0.1, -0.05) is 61.3 Å². The van der Waals surface area contributed by atoms with Gasteiger partial charge in [0.1, 0.15) is 0 Å². The third-order valence-electron chi connectivity index (χ3n) is 17.4.